The molecule has 2 heterocycles. The monoisotopic (exact) mass is 742 g/mol. The maximum Gasteiger partial charge on any atom is 0.416 e. The van der Waals surface area contributed by atoms with Gasteiger partial charge in [-0.05, 0) is 74.2 Å². The van der Waals surface area contributed by atoms with E-state index in [2.05, 4.69) is 10.4 Å². The molecule has 0 bridgehead atoms. The number of likely N-dealkylation sites (N-methyl/N-ethyl adjacent to an activating group) is 1. The van der Waals surface area contributed by atoms with E-state index in [0.717, 1.165) is 16.8 Å². The van der Waals surface area contributed by atoms with Gasteiger partial charge in [-0.2, -0.15) is 23.5 Å². The number of carbonyl (C=O) groups excluding carboxylic acids is 2. The number of rotatable bonds is 9. The van der Waals surface area contributed by atoms with E-state index in [-0.39, 0.29) is 34.9 Å². The van der Waals surface area contributed by atoms with Gasteiger partial charge in [-0.15, -0.1) is 0 Å². The first-order chi connectivity index (χ1) is 25.7. The van der Waals surface area contributed by atoms with Gasteiger partial charge >= 0.3 is 12.1 Å². The summed E-state index contributed by atoms with van der Waals surface area (Å²) >= 11 is 0. The Morgan fingerprint density at radius 2 is 1.56 bits per heavy atom. The number of nitriles is 1. The summed E-state index contributed by atoms with van der Waals surface area (Å²) in [7, 11) is 7.51. The molecule has 11 nitrogen and oxygen atoms in total. The first kappa shape index (κ1) is 39.3. The van der Waals surface area contributed by atoms with Crippen molar-refractivity contribution in [1.82, 2.24) is 24.5 Å². The maximum absolute atomic E-state index is 14.1. The summed E-state index contributed by atoms with van der Waals surface area (Å²) in [5, 5.41) is 16.5. The molecule has 2 aromatic heterocycles. The Kier molecular flexibility index (Phi) is 12.2. The molecular formula is C40H43F3N7O4+. The normalized spacial score (nSPS) is 15.7. The van der Waals surface area contributed by atoms with Gasteiger partial charge < -0.3 is 14.5 Å². The Hall–Kier alpha value is -5.94. The lowest BCUT2D eigenvalue weighted by molar-refractivity contribution is -0.870. The lowest BCUT2D eigenvalue weighted by Gasteiger charge is -2.28. The number of amides is 1. The Labute approximate surface area is 311 Å². The number of aromatic nitrogens is 4. The highest BCUT2D eigenvalue weighted by Crippen LogP contribution is 2.32. The summed E-state index contributed by atoms with van der Waals surface area (Å²) in [6, 6.07) is 26.1. The highest BCUT2D eigenvalue weighted by Gasteiger charge is 2.34. The van der Waals surface area contributed by atoms with Crippen LogP contribution in [0.15, 0.2) is 102 Å². The van der Waals surface area contributed by atoms with Crippen LogP contribution < -0.4 is 10.9 Å². The summed E-state index contributed by atoms with van der Waals surface area (Å²) in [5.41, 5.74) is -0.697. The first-order valence-corrected chi connectivity index (χ1v) is 17.5. The third-order valence-electron chi connectivity index (χ3n) is 9.11. The maximum atomic E-state index is 14.1. The smallest absolute Gasteiger partial charge is 0.416 e. The molecule has 0 atom stereocenters. The molecule has 1 aliphatic rings. The quantitative estimate of drug-likeness (QED) is 0.143. The van der Waals surface area contributed by atoms with Gasteiger partial charge in [-0.3, -0.25) is 19.1 Å². The molecule has 282 valence electrons. The molecule has 1 fully saturated rings. The van der Waals surface area contributed by atoms with Crippen LogP contribution >= 0.6 is 0 Å². The largest absolute Gasteiger partial charge is 0.459 e. The van der Waals surface area contributed by atoms with Crippen LogP contribution in [0.3, 0.4) is 0 Å². The highest BCUT2D eigenvalue weighted by molar-refractivity contribution is 6.00. The van der Waals surface area contributed by atoms with E-state index >= 15 is 0 Å². The van der Waals surface area contributed by atoms with Crippen LogP contribution in [0.1, 0.15) is 47.2 Å². The molecule has 5 aromatic rings. The first-order valence-electron chi connectivity index (χ1n) is 17.5. The van der Waals surface area contributed by atoms with Crippen LogP contribution in [-0.4, -0.2) is 75.8 Å². The van der Waals surface area contributed by atoms with Crippen molar-refractivity contribution in [1.29, 1.82) is 5.26 Å². The number of hydrogen-bond donors (Lipinski definition) is 1. The van der Waals surface area contributed by atoms with Crippen molar-refractivity contribution in [3.8, 4) is 28.8 Å². The van der Waals surface area contributed by atoms with Gasteiger partial charge in [0.2, 0.25) is 0 Å². The molecule has 0 radical (unpaired) electrons. The van der Waals surface area contributed by atoms with E-state index < -0.39 is 23.2 Å². The molecule has 0 unspecified atom stereocenters. The van der Waals surface area contributed by atoms with Crippen LogP contribution in [-0.2, 0) is 22.8 Å². The second-order valence-electron chi connectivity index (χ2n) is 14.1. The number of quaternary nitrogens is 1. The molecular weight excluding hydrogens is 699 g/mol. The fourth-order valence-corrected chi connectivity index (χ4v) is 6.23. The van der Waals surface area contributed by atoms with Crippen molar-refractivity contribution >= 4 is 11.9 Å². The number of nitrogens with one attached hydrogen (secondary N) is 1. The lowest BCUT2D eigenvalue weighted by atomic mass is 9.86. The molecule has 3 aromatic carbocycles. The molecule has 54 heavy (non-hydrogen) atoms. The predicted molar refractivity (Wildman–Crippen MR) is 197 cm³/mol. The Morgan fingerprint density at radius 3 is 2.13 bits per heavy atom. The lowest BCUT2D eigenvalue weighted by Crippen LogP contribution is -2.41. The fraction of sp³-hybridized carbons (Fsp3) is 0.325. The number of hydrogen-bond acceptors (Lipinski definition) is 6. The SMILES string of the molecule is Cn1c(-c2ccnn2-c2ccc(C#N)cc2)c(C(=O)NC2CCC(C(=O)OCC[N+](C)(C)C)CC2)c(=O)n1-c1cccc(C(F)(F)F)c1.c1ccccc1. The summed E-state index contributed by atoms with van der Waals surface area (Å²) in [4.78, 5) is 40.7. The third kappa shape index (κ3) is 9.53. The molecule has 1 amide bonds. The summed E-state index contributed by atoms with van der Waals surface area (Å²) in [6.45, 7) is 0.992. The average Bonchev–Trinajstić information content (AvgIpc) is 3.73. The second-order valence-corrected chi connectivity index (χ2v) is 14.1. The molecule has 6 rings (SSSR count). The van der Waals surface area contributed by atoms with Crippen molar-refractivity contribution in [2.24, 2.45) is 13.0 Å². The van der Waals surface area contributed by atoms with Crippen LogP contribution in [0, 0.1) is 17.2 Å². The highest BCUT2D eigenvalue weighted by atomic mass is 19.4. The molecule has 0 saturated heterocycles. The summed E-state index contributed by atoms with van der Waals surface area (Å²) in [5.74, 6) is -1.26. The van der Waals surface area contributed by atoms with Gasteiger partial charge in [0.1, 0.15) is 24.4 Å². The summed E-state index contributed by atoms with van der Waals surface area (Å²) in [6.07, 6.45) is -1.23. The van der Waals surface area contributed by atoms with Crippen molar-refractivity contribution in [2.45, 2.75) is 37.9 Å². The molecule has 1 N–H and O–H groups in total. The van der Waals surface area contributed by atoms with Crippen molar-refractivity contribution in [3.05, 3.63) is 124 Å². The fourth-order valence-electron chi connectivity index (χ4n) is 6.23. The zero-order chi connectivity index (χ0) is 39.0. The van der Waals surface area contributed by atoms with Crippen LogP contribution in [0.2, 0.25) is 0 Å². The number of carbonyl (C=O) groups is 2. The number of benzene rings is 3. The Bertz CT molecular complexity index is 2120. The minimum Gasteiger partial charge on any atom is -0.459 e. The molecule has 1 saturated carbocycles. The van der Waals surface area contributed by atoms with Crippen LogP contribution in [0.25, 0.3) is 22.8 Å². The van der Waals surface area contributed by atoms with Crippen molar-refractivity contribution in [3.63, 3.8) is 0 Å². The number of alkyl halides is 3. The minimum atomic E-state index is -4.65. The Balaban J connectivity index is 0.000000850. The topological polar surface area (TPSA) is 124 Å². The molecule has 1 aliphatic carbocycles. The van der Waals surface area contributed by atoms with E-state index in [1.54, 1.807) is 30.3 Å². The van der Waals surface area contributed by atoms with Gasteiger partial charge in [0.15, 0.2) is 0 Å². The predicted octanol–water partition coefficient (Wildman–Crippen LogP) is 6.14. The zero-order valence-corrected chi connectivity index (χ0v) is 30.6. The zero-order valence-electron chi connectivity index (χ0n) is 30.6. The molecule has 14 heteroatoms. The van der Waals surface area contributed by atoms with E-state index in [1.807, 2.05) is 63.6 Å². The molecule has 0 aliphatic heterocycles. The number of ether oxygens (including phenoxy) is 1. The standard InChI is InChI=1S/C34H36F3N7O4.C6H6/c1-41-30(28-16-17-39-42(28)26-14-8-22(21-38)9-15-26)29(32(46)43(41)27-7-5-6-24(20-27)34(35,36)37)31(45)40-25-12-10-23(11-13-25)33(47)48-19-18-44(2,3)4;1-2-4-6-5-3-1/h5-9,14-17,20,23,25H,10-13,18-19H2,1-4H3;1-6H/p+1. The minimum absolute atomic E-state index is 0.0775. The van der Waals surface area contributed by atoms with Gasteiger partial charge in [-0.1, -0.05) is 42.5 Å². The van der Waals surface area contributed by atoms with Crippen LogP contribution in [0.4, 0.5) is 13.2 Å². The van der Waals surface area contributed by atoms with Gasteiger partial charge in [0.05, 0.1) is 67.5 Å². The number of halogens is 3. The van der Waals surface area contributed by atoms with E-state index in [4.69, 9.17) is 4.74 Å². The van der Waals surface area contributed by atoms with Gasteiger partial charge in [0.25, 0.3) is 11.5 Å². The van der Waals surface area contributed by atoms with Gasteiger partial charge in [-0.25, -0.2) is 9.36 Å². The van der Waals surface area contributed by atoms with E-state index in [1.165, 1.54) is 34.7 Å². The van der Waals surface area contributed by atoms with E-state index in [0.29, 0.717) is 60.3 Å². The number of esters is 1. The van der Waals surface area contributed by atoms with Crippen molar-refractivity contribution in [2.75, 3.05) is 34.3 Å². The van der Waals surface area contributed by atoms with Crippen LogP contribution in [0.5, 0.6) is 0 Å². The average molecular weight is 743 g/mol. The van der Waals surface area contributed by atoms with E-state index in [9.17, 15) is 32.8 Å². The summed E-state index contributed by atoms with van der Waals surface area (Å²) < 4.78 is 50.9. The van der Waals surface area contributed by atoms with Crippen molar-refractivity contribution < 1.29 is 32.0 Å². The third-order valence-corrected chi connectivity index (χ3v) is 9.11. The number of nitrogens with zero attached hydrogens (tertiary/aromatic N) is 6. The Morgan fingerprint density at radius 1 is 0.926 bits per heavy atom. The van der Waals surface area contributed by atoms with Gasteiger partial charge in [0, 0.05) is 13.1 Å². The molecule has 0 spiro atoms. The second kappa shape index (κ2) is 16.8.